The fourth-order valence-corrected chi connectivity index (χ4v) is 1.60. The topological polar surface area (TPSA) is 61.8 Å². The van der Waals surface area contributed by atoms with E-state index in [0.29, 0.717) is 26.2 Å². The van der Waals surface area contributed by atoms with Crippen molar-refractivity contribution in [1.29, 1.82) is 0 Å². The molecule has 14 heavy (non-hydrogen) atoms. The van der Waals surface area contributed by atoms with Crippen molar-refractivity contribution in [3.05, 3.63) is 0 Å². The molecule has 1 rings (SSSR count). The maximum absolute atomic E-state index is 11.4. The Bertz CT molecular complexity index is 198. The zero-order valence-corrected chi connectivity index (χ0v) is 8.69. The van der Waals surface area contributed by atoms with Gasteiger partial charge in [0, 0.05) is 19.7 Å². The van der Waals surface area contributed by atoms with Crippen LogP contribution in [0.2, 0.25) is 0 Å². The van der Waals surface area contributed by atoms with Gasteiger partial charge in [-0.3, -0.25) is 4.79 Å². The van der Waals surface area contributed by atoms with Crippen molar-refractivity contribution in [2.45, 2.75) is 19.1 Å². The van der Waals surface area contributed by atoms with E-state index in [0.717, 1.165) is 0 Å². The highest BCUT2D eigenvalue weighted by atomic mass is 16.5. The number of carbonyl (C=O) groups excluding carboxylic acids is 1. The van der Waals surface area contributed by atoms with Crippen molar-refractivity contribution in [3.8, 4) is 0 Å². The summed E-state index contributed by atoms with van der Waals surface area (Å²) in [6.45, 7) is 3.63. The molecule has 0 spiro atoms. The van der Waals surface area contributed by atoms with Gasteiger partial charge in [-0.1, -0.05) is 0 Å². The number of hydrogen-bond donors (Lipinski definition) is 2. The van der Waals surface area contributed by atoms with Crippen LogP contribution in [0.25, 0.3) is 0 Å². The molecule has 1 aliphatic rings. The Balaban J connectivity index is 2.41. The van der Waals surface area contributed by atoms with E-state index in [1.54, 1.807) is 11.9 Å². The Labute approximate surface area is 84.0 Å². The molecule has 0 saturated carbocycles. The third-order valence-electron chi connectivity index (χ3n) is 2.30. The lowest BCUT2D eigenvalue weighted by Crippen LogP contribution is -2.36. The minimum absolute atomic E-state index is 0.00810. The van der Waals surface area contributed by atoms with Crippen molar-refractivity contribution in [2.24, 2.45) is 0 Å². The number of hydrogen-bond acceptors (Lipinski definition) is 4. The van der Waals surface area contributed by atoms with Crippen molar-refractivity contribution in [2.75, 3.05) is 33.3 Å². The molecule has 1 saturated heterocycles. The van der Waals surface area contributed by atoms with E-state index in [1.807, 2.05) is 6.92 Å². The second-order valence-electron chi connectivity index (χ2n) is 3.39. The van der Waals surface area contributed by atoms with Gasteiger partial charge in [0.2, 0.25) is 5.91 Å². The SMILES string of the molecule is CCO[C@H]1CN(C(=O)CNC)C[C@H]1O. The molecule has 0 aliphatic carbocycles. The van der Waals surface area contributed by atoms with Crippen molar-refractivity contribution in [1.82, 2.24) is 10.2 Å². The summed E-state index contributed by atoms with van der Waals surface area (Å²) >= 11 is 0. The number of aliphatic hydroxyl groups is 1. The molecule has 82 valence electrons. The molecule has 1 aliphatic heterocycles. The fraction of sp³-hybridized carbons (Fsp3) is 0.889. The minimum Gasteiger partial charge on any atom is -0.388 e. The summed E-state index contributed by atoms with van der Waals surface area (Å²) in [5.74, 6) is 0.00810. The summed E-state index contributed by atoms with van der Waals surface area (Å²) in [7, 11) is 1.73. The fourth-order valence-electron chi connectivity index (χ4n) is 1.60. The van der Waals surface area contributed by atoms with E-state index >= 15 is 0 Å². The Kier molecular flexibility index (Phi) is 4.31. The van der Waals surface area contributed by atoms with Crippen LogP contribution in [0.5, 0.6) is 0 Å². The molecule has 0 unspecified atom stereocenters. The first kappa shape index (κ1) is 11.4. The first-order chi connectivity index (χ1) is 6.69. The third-order valence-corrected chi connectivity index (χ3v) is 2.30. The van der Waals surface area contributed by atoms with E-state index in [4.69, 9.17) is 4.74 Å². The maximum atomic E-state index is 11.4. The average molecular weight is 202 g/mol. The van der Waals surface area contributed by atoms with Gasteiger partial charge in [-0.2, -0.15) is 0 Å². The third kappa shape index (κ3) is 2.67. The standard InChI is InChI=1S/C9H18N2O3/c1-3-14-8-6-11(5-7(8)12)9(13)4-10-2/h7-8,10,12H,3-6H2,1-2H3/t7-,8+/m1/s1. The number of β-amino-alcohol motifs (C(OH)–C–C–N with tert-alkyl or cyclic N) is 1. The Morgan fingerprint density at radius 1 is 1.64 bits per heavy atom. The van der Waals surface area contributed by atoms with Crippen molar-refractivity contribution >= 4 is 5.91 Å². The molecule has 0 aromatic rings. The molecule has 2 atom stereocenters. The van der Waals surface area contributed by atoms with Crippen LogP contribution in [0.1, 0.15) is 6.92 Å². The molecule has 1 heterocycles. The van der Waals surface area contributed by atoms with Gasteiger partial charge in [0.15, 0.2) is 0 Å². The molecule has 0 bridgehead atoms. The van der Waals surface area contributed by atoms with E-state index in [1.165, 1.54) is 0 Å². The number of ether oxygens (including phenoxy) is 1. The van der Waals surface area contributed by atoms with E-state index in [-0.39, 0.29) is 12.0 Å². The first-order valence-electron chi connectivity index (χ1n) is 4.91. The lowest BCUT2D eigenvalue weighted by Gasteiger charge is -2.15. The lowest BCUT2D eigenvalue weighted by molar-refractivity contribution is -0.129. The molecule has 1 amide bonds. The smallest absolute Gasteiger partial charge is 0.236 e. The van der Waals surface area contributed by atoms with Crippen LogP contribution in [-0.2, 0) is 9.53 Å². The van der Waals surface area contributed by atoms with Crippen molar-refractivity contribution < 1.29 is 14.6 Å². The second kappa shape index (κ2) is 5.29. The monoisotopic (exact) mass is 202 g/mol. The number of likely N-dealkylation sites (tertiary alicyclic amines) is 1. The summed E-state index contributed by atoms with van der Waals surface area (Å²) in [6, 6.07) is 0. The van der Waals surface area contributed by atoms with Crippen molar-refractivity contribution in [3.63, 3.8) is 0 Å². The highest BCUT2D eigenvalue weighted by Crippen LogP contribution is 2.13. The number of amides is 1. The van der Waals surface area contributed by atoms with Crippen LogP contribution in [0.3, 0.4) is 0 Å². The Morgan fingerprint density at radius 2 is 2.36 bits per heavy atom. The number of nitrogens with zero attached hydrogens (tertiary/aromatic N) is 1. The molecular formula is C9H18N2O3. The van der Waals surface area contributed by atoms with E-state index in [9.17, 15) is 9.90 Å². The normalized spacial score (nSPS) is 26.9. The van der Waals surface area contributed by atoms with Crippen LogP contribution < -0.4 is 5.32 Å². The summed E-state index contributed by atoms with van der Waals surface area (Å²) in [5, 5.41) is 12.4. The number of carbonyl (C=O) groups is 1. The summed E-state index contributed by atoms with van der Waals surface area (Å²) in [5.41, 5.74) is 0. The van der Waals surface area contributed by atoms with Gasteiger partial charge in [0.05, 0.1) is 12.6 Å². The highest BCUT2D eigenvalue weighted by molar-refractivity contribution is 5.78. The lowest BCUT2D eigenvalue weighted by atomic mass is 10.3. The van der Waals surface area contributed by atoms with Crippen LogP contribution >= 0.6 is 0 Å². The average Bonchev–Trinajstić information content (AvgIpc) is 2.49. The van der Waals surface area contributed by atoms with Gasteiger partial charge in [0.25, 0.3) is 0 Å². The first-order valence-corrected chi connectivity index (χ1v) is 4.91. The minimum atomic E-state index is -0.546. The second-order valence-corrected chi connectivity index (χ2v) is 3.39. The number of nitrogens with one attached hydrogen (secondary N) is 1. The van der Waals surface area contributed by atoms with Gasteiger partial charge in [-0.25, -0.2) is 0 Å². The zero-order chi connectivity index (χ0) is 10.6. The van der Waals surface area contributed by atoms with Gasteiger partial charge in [-0.05, 0) is 14.0 Å². The molecule has 0 radical (unpaired) electrons. The predicted molar refractivity (Wildman–Crippen MR) is 51.9 cm³/mol. The van der Waals surface area contributed by atoms with Crippen LogP contribution in [-0.4, -0.2) is 61.4 Å². The van der Waals surface area contributed by atoms with Crippen LogP contribution in [0.15, 0.2) is 0 Å². The molecule has 5 nitrogen and oxygen atoms in total. The quantitative estimate of drug-likeness (QED) is 0.602. The molecule has 1 fully saturated rings. The van der Waals surface area contributed by atoms with Gasteiger partial charge in [-0.15, -0.1) is 0 Å². The Morgan fingerprint density at radius 3 is 2.93 bits per heavy atom. The highest BCUT2D eigenvalue weighted by Gasteiger charge is 2.33. The van der Waals surface area contributed by atoms with Gasteiger partial charge in [0.1, 0.15) is 6.10 Å². The summed E-state index contributed by atoms with van der Waals surface area (Å²) in [4.78, 5) is 13.1. The molecular weight excluding hydrogens is 184 g/mol. The maximum Gasteiger partial charge on any atom is 0.236 e. The number of aliphatic hydroxyl groups excluding tert-OH is 1. The Hall–Kier alpha value is -0.650. The van der Waals surface area contributed by atoms with Crippen LogP contribution in [0.4, 0.5) is 0 Å². The summed E-state index contributed by atoms with van der Waals surface area (Å²) < 4.78 is 5.31. The predicted octanol–water partition coefficient (Wildman–Crippen LogP) is -1.19. The number of rotatable bonds is 4. The molecule has 0 aromatic carbocycles. The molecule has 5 heteroatoms. The summed E-state index contributed by atoms with van der Waals surface area (Å²) in [6.07, 6.45) is -0.767. The van der Waals surface area contributed by atoms with E-state index in [2.05, 4.69) is 5.32 Å². The zero-order valence-electron chi connectivity index (χ0n) is 8.69. The molecule has 0 aromatic heterocycles. The van der Waals surface area contributed by atoms with Crippen LogP contribution in [0, 0.1) is 0 Å². The van der Waals surface area contributed by atoms with E-state index < -0.39 is 6.10 Å². The largest absolute Gasteiger partial charge is 0.388 e. The van der Waals surface area contributed by atoms with Gasteiger partial charge >= 0.3 is 0 Å². The van der Waals surface area contributed by atoms with Gasteiger partial charge < -0.3 is 20.1 Å². The molecule has 2 N–H and O–H groups in total. The number of likely N-dealkylation sites (N-methyl/N-ethyl adjacent to an activating group) is 1.